The number of nitrogens with one attached hydrogen (secondary N) is 1. The Morgan fingerprint density at radius 1 is 1.65 bits per heavy atom. The Bertz CT molecular complexity index is 541. The highest BCUT2D eigenvalue weighted by atomic mass is 32.2. The number of amidine groups is 1. The summed E-state index contributed by atoms with van der Waals surface area (Å²) in [6.45, 7) is 2.04. The smallest absolute Gasteiger partial charge is 0.331 e. The average molecular weight is 296 g/mol. The van der Waals surface area contributed by atoms with Crippen molar-refractivity contribution in [2.75, 3.05) is 6.61 Å². The lowest BCUT2D eigenvalue weighted by Gasteiger charge is -2.12. The van der Waals surface area contributed by atoms with Gasteiger partial charge in [-0.15, -0.1) is 10.2 Å². The van der Waals surface area contributed by atoms with Gasteiger partial charge in [-0.2, -0.15) is 0 Å². The van der Waals surface area contributed by atoms with E-state index >= 15 is 0 Å². The molecule has 0 saturated heterocycles. The van der Waals surface area contributed by atoms with Gasteiger partial charge in [-0.25, -0.2) is 26.1 Å². The number of amides is 1. The normalized spacial score (nSPS) is 17.6. The third kappa shape index (κ3) is 3.16. The van der Waals surface area contributed by atoms with Crippen molar-refractivity contribution in [3.05, 3.63) is 23.8 Å². The van der Waals surface area contributed by atoms with Gasteiger partial charge in [-0.1, -0.05) is 11.8 Å². The van der Waals surface area contributed by atoms with Gasteiger partial charge in [0.1, 0.15) is 0 Å². The Morgan fingerprint density at radius 2 is 2.45 bits per heavy atom. The quantitative estimate of drug-likeness (QED) is 0.409. The SMILES string of the molecule is CCOC(=O)/C=C/SC1=NN2C=CC(=O)NN=C2N1N. The Balaban J connectivity index is 2.02. The van der Waals surface area contributed by atoms with Crippen LogP contribution >= 0.6 is 11.8 Å². The predicted molar refractivity (Wildman–Crippen MR) is 73.4 cm³/mol. The van der Waals surface area contributed by atoms with Crippen LogP contribution in [0.5, 0.6) is 0 Å². The highest BCUT2D eigenvalue weighted by Gasteiger charge is 2.28. The molecule has 2 aliphatic heterocycles. The molecule has 0 bridgehead atoms. The molecule has 0 aromatic rings. The number of thioether (sulfide) groups is 1. The summed E-state index contributed by atoms with van der Waals surface area (Å²) in [6, 6.07) is 0. The molecule has 1 amide bonds. The van der Waals surface area contributed by atoms with Gasteiger partial charge in [0.05, 0.1) is 6.61 Å². The lowest BCUT2D eigenvalue weighted by Crippen LogP contribution is -2.41. The Hall–Kier alpha value is -2.33. The first-order valence-electron chi connectivity index (χ1n) is 5.60. The number of esters is 1. The van der Waals surface area contributed by atoms with Crippen LogP contribution in [-0.2, 0) is 14.3 Å². The van der Waals surface area contributed by atoms with Crippen LogP contribution in [0.15, 0.2) is 34.0 Å². The van der Waals surface area contributed by atoms with Crippen LogP contribution in [0, 0.1) is 0 Å². The number of hydrazone groups is 2. The molecule has 0 radical (unpaired) electrons. The van der Waals surface area contributed by atoms with E-state index in [2.05, 4.69) is 15.6 Å². The van der Waals surface area contributed by atoms with Crippen molar-refractivity contribution in [3.8, 4) is 0 Å². The van der Waals surface area contributed by atoms with Crippen LogP contribution < -0.4 is 11.3 Å². The van der Waals surface area contributed by atoms with Crippen molar-refractivity contribution in [1.82, 2.24) is 15.4 Å². The minimum Gasteiger partial charge on any atom is -0.463 e. The molecule has 9 nitrogen and oxygen atoms in total. The van der Waals surface area contributed by atoms with Crippen LogP contribution in [0.3, 0.4) is 0 Å². The lowest BCUT2D eigenvalue weighted by atomic mass is 10.6. The van der Waals surface area contributed by atoms with E-state index in [-0.39, 0.29) is 11.9 Å². The molecule has 2 aliphatic rings. The van der Waals surface area contributed by atoms with E-state index in [1.807, 2.05) is 0 Å². The molecule has 0 aromatic heterocycles. The Morgan fingerprint density at radius 3 is 3.20 bits per heavy atom. The van der Waals surface area contributed by atoms with Crippen molar-refractivity contribution in [2.24, 2.45) is 16.0 Å². The van der Waals surface area contributed by atoms with Crippen molar-refractivity contribution in [1.29, 1.82) is 0 Å². The van der Waals surface area contributed by atoms with Gasteiger partial charge in [0.25, 0.3) is 11.9 Å². The van der Waals surface area contributed by atoms with E-state index in [0.717, 1.165) is 11.8 Å². The number of hydrazine groups is 1. The molecule has 0 fully saturated rings. The minimum atomic E-state index is -0.443. The van der Waals surface area contributed by atoms with Gasteiger partial charge < -0.3 is 4.74 Å². The first kappa shape index (κ1) is 14.1. The fourth-order valence-electron chi connectivity index (χ4n) is 1.29. The van der Waals surface area contributed by atoms with E-state index in [4.69, 9.17) is 10.6 Å². The van der Waals surface area contributed by atoms with Gasteiger partial charge in [-0.3, -0.25) is 4.79 Å². The van der Waals surface area contributed by atoms with Crippen LogP contribution in [0.2, 0.25) is 0 Å². The molecule has 106 valence electrons. The van der Waals surface area contributed by atoms with E-state index in [1.54, 1.807) is 6.92 Å². The summed E-state index contributed by atoms with van der Waals surface area (Å²) in [5, 5.41) is 12.4. The van der Waals surface area contributed by atoms with Gasteiger partial charge in [0.15, 0.2) is 0 Å². The van der Waals surface area contributed by atoms with E-state index in [0.29, 0.717) is 11.8 Å². The molecule has 2 rings (SSSR count). The second-order valence-corrected chi connectivity index (χ2v) is 4.35. The highest BCUT2D eigenvalue weighted by molar-refractivity contribution is 8.16. The lowest BCUT2D eigenvalue weighted by molar-refractivity contribution is -0.137. The number of rotatable bonds is 3. The summed E-state index contributed by atoms with van der Waals surface area (Å²) >= 11 is 1.12. The zero-order valence-electron chi connectivity index (χ0n) is 10.5. The van der Waals surface area contributed by atoms with Gasteiger partial charge in [0.2, 0.25) is 5.17 Å². The Labute approximate surface area is 118 Å². The number of fused-ring (bicyclic) bond motifs is 1. The van der Waals surface area contributed by atoms with Crippen molar-refractivity contribution >= 4 is 34.8 Å². The first-order valence-corrected chi connectivity index (χ1v) is 6.48. The summed E-state index contributed by atoms with van der Waals surface area (Å²) in [5.74, 6) is 5.24. The van der Waals surface area contributed by atoms with E-state index < -0.39 is 5.97 Å². The molecule has 0 spiro atoms. The molecule has 3 N–H and O–H groups in total. The third-order valence-electron chi connectivity index (χ3n) is 2.12. The number of nitrogens with zero attached hydrogens (tertiary/aromatic N) is 4. The molecule has 0 unspecified atom stereocenters. The number of ether oxygens (including phenoxy) is 1. The molecule has 0 atom stereocenters. The second kappa shape index (κ2) is 6.21. The first-order chi connectivity index (χ1) is 9.61. The van der Waals surface area contributed by atoms with Crippen LogP contribution in [-0.4, -0.2) is 39.6 Å². The maximum atomic E-state index is 11.1. The molecule has 10 heteroatoms. The van der Waals surface area contributed by atoms with Crippen LogP contribution in [0.1, 0.15) is 6.92 Å². The predicted octanol–water partition coefficient (Wildman–Crippen LogP) is -0.527. The molecule has 0 saturated carbocycles. The number of carbonyl (C=O) groups is 2. The number of carbonyl (C=O) groups excluding carboxylic acids is 2. The third-order valence-corrected chi connectivity index (χ3v) is 2.88. The second-order valence-electron chi connectivity index (χ2n) is 3.47. The monoisotopic (exact) mass is 296 g/mol. The van der Waals surface area contributed by atoms with Gasteiger partial charge in [0, 0.05) is 18.4 Å². The topological polar surface area (TPSA) is 113 Å². The van der Waals surface area contributed by atoms with Gasteiger partial charge in [-0.05, 0) is 12.3 Å². The number of hydrogen-bond donors (Lipinski definition) is 2. The van der Waals surface area contributed by atoms with E-state index in [9.17, 15) is 9.59 Å². The van der Waals surface area contributed by atoms with Gasteiger partial charge >= 0.3 is 5.97 Å². The van der Waals surface area contributed by atoms with Crippen LogP contribution in [0.4, 0.5) is 0 Å². The van der Waals surface area contributed by atoms with Crippen molar-refractivity contribution < 1.29 is 14.3 Å². The summed E-state index contributed by atoms with van der Waals surface area (Å²) in [5.41, 5.74) is 2.28. The maximum Gasteiger partial charge on any atom is 0.331 e. The molecule has 0 aliphatic carbocycles. The number of nitrogens with two attached hydrogens (primary N) is 1. The fourth-order valence-corrected chi connectivity index (χ4v) is 1.92. The van der Waals surface area contributed by atoms with Crippen molar-refractivity contribution in [2.45, 2.75) is 6.92 Å². The highest BCUT2D eigenvalue weighted by Crippen LogP contribution is 2.18. The standard InChI is InChI=1S/C10H12N6O3S/c1-2-19-8(18)4-6-20-10-14-15-5-3-7(17)12-13-9(15)16(10)11/h3-6H,2,11H2,1H3,(H,12,17)/b6-4+. The number of hydrogen-bond acceptors (Lipinski definition) is 9. The maximum absolute atomic E-state index is 11.1. The number of guanidine groups is 1. The summed E-state index contributed by atoms with van der Waals surface area (Å²) < 4.78 is 4.74. The Kier molecular flexibility index (Phi) is 4.38. The molecular formula is C10H12N6O3S. The average Bonchev–Trinajstić information content (AvgIpc) is 2.58. The molecular weight excluding hydrogens is 284 g/mol. The summed E-state index contributed by atoms with van der Waals surface area (Å²) in [7, 11) is 0. The molecule has 2 heterocycles. The van der Waals surface area contributed by atoms with Crippen LogP contribution in [0.25, 0.3) is 0 Å². The summed E-state index contributed by atoms with van der Waals surface area (Å²) in [6.07, 6.45) is 3.98. The minimum absolute atomic E-state index is 0.249. The van der Waals surface area contributed by atoms with E-state index in [1.165, 1.54) is 33.8 Å². The summed E-state index contributed by atoms with van der Waals surface area (Å²) in [4.78, 5) is 22.2. The van der Waals surface area contributed by atoms with Crippen molar-refractivity contribution in [3.63, 3.8) is 0 Å². The fraction of sp³-hybridized carbons (Fsp3) is 0.200. The molecule has 20 heavy (non-hydrogen) atoms. The zero-order chi connectivity index (χ0) is 14.5. The largest absolute Gasteiger partial charge is 0.463 e. The molecule has 0 aromatic carbocycles. The zero-order valence-corrected chi connectivity index (χ0v) is 11.3.